The highest BCUT2D eigenvalue weighted by molar-refractivity contribution is 9.11. The second-order valence-corrected chi connectivity index (χ2v) is 7.27. The first-order valence-electron chi connectivity index (χ1n) is 5.99. The van der Waals surface area contributed by atoms with E-state index in [1.807, 2.05) is 18.2 Å². The summed E-state index contributed by atoms with van der Waals surface area (Å²) >= 11 is 8.50. The maximum absolute atomic E-state index is 11.2. The zero-order valence-corrected chi connectivity index (χ0v) is 14.2. The Labute approximate surface area is 136 Å². The van der Waals surface area contributed by atoms with Crippen molar-refractivity contribution in [3.05, 3.63) is 37.7 Å². The fraction of sp³-hybridized carbons (Fsp3) is 0.231. The zero-order chi connectivity index (χ0) is 14.3. The number of carboxylic acid groups (broad SMARTS) is 1. The summed E-state index contributed by atoms with van der Waals surface area (Å²) in [6.07, 6.45) is 1.45. The quantitative estimate of drug-likeness (QED) is 0.770. The number of hydrogen-bond donors (Lipinski definition) is 2. The van der Waals surface area contributed by atoms with E-state index in [2.05, 4.69) is 42.2 Å². The van der Waals surface area contributed by atoms with Crippen LogP contribution in [0.4, 0.5) is 10.8 Å². The van der Waals surface area contributed by atoms with Crippen LogP contribution < -0.4 is 5.32 Å². The van der Waals surface area contributed by atoms with Crippen LogP contribution in [0.25, 0.3) is 0 Å². The van der Waals surface area contributed by atoms with Gasteiger partial charge in [-0.3, -0.25) is 4.79 Å². The number of benzene rings is 1. The average Bonchev–Trinajstić information content (AvgIpc) is 2.92. The Morgan fingerprint density at radius 2 is 2.10 bits per heavy atom. The molecular weight excluding hydrogens is 408 g/mol. The number of para-hydroxylation sites is 1. The molecule has 0 radical (unpaired) electrons. The standard InChI is InChI=1S/C13H10Br2N2O2S/c14-7-2-1-3-8(15)11(7)17-13-16-10-6(12(18)19)4-5-9(10)20-13/h1-3,6H,4-5H2,(H,16,17)(H,18,19). The fourth-order valence-electron chi connectivity index (χ4n) is 2.25. The van der Waals surface area contributed by atoms with Crippen molar-refractivity contribution in [1.29, 1.82) is 0 Å². The number of aryl methyl sites for hydroxylation is 1. The van der Waals surface area contributed by atoms with Crippen LogP contribution in [0.1, 0.15) is 22.9 Å². The SMILES string of the molecule is O=C(O)C1CCc2sc(Nc3c(Br)cccc3Br)nc21. The van der Waals surface area contributed by atoms with Gasteiger partial charge in [0.1, 0.15) is 5.92 Å². The number of carboxylic acids is 1. The second kappa shape index (κ2) is 5.46. The number of rotatable bonds is 3. The number of hydrogen-bond acceptors (Lipinski definition) is 4. The molecule has 1 unspecified atom stereocenters. The zero-order valence-electron chi connectivity index (χ0n) is 10.2. The van der Waals surface area contributed by atoms with Crippen molar-refractivity contribution in [2.45, 2.75) is 18.8 Å². The van der Waals surface area contributed by atoms with E-state index in [4.69, 9.17) is 0 Å². The van der Waals surface area contributed by atoms with Gasteiger partial charge < -0.3 is 10.4 Å². The van der Waals surface area contributed by atoms with Crippen LogP contribution in [0.3, 0.4) is 0 Å². The van der Waals surface area contributed by atoms with E-state index in [0.29, 0.717) is 12.1 Å². The highest BCUT2D eigenvalue weighted by Gasteiger charge is 2.32. The third-order valence-corrected chi connectivity index (χ3v) is 5.58. The summed E-state index contributed by atoms with van der Waals surface area (Å²) in [6, 6.07) is 5.81. The van der Waals surface area contributed by atoms with E-state index >= 15 is 0 Å². The normalized spacial score (nSPS) is 17.0. The van der Waals surface area contributed by atoms with Crippen molar-refractivity contribution in [2.75, 3.05) is 5.32 Å². The lowest BCUT2D eigenvalue weighted by atomic mass is 10.1. The molecule has 7 heteroatoms. The maximum Gasteiger partial charge on any atom is 0.312 e. The number of fused-ring (bicyclic) bond motifs is 1. The minimum atomic E-state index is -0.789. The molecule has 1 aromatic heterocycles. The third-order valence-electron chi connectivity index (χ3n) is 3.21. The summed E-state index contributed by atoms with van der Waals surface area (Å²) in [7, 11) is 0. The van der Waals surface area contributed by atoms with Gasteiger partial charge in [-0.25, -0.2) is 4.98 Å². The Kier molecular flexibility index (Phi) is 3.83. The number of carbonyl (C=O) groups is 1. The Balaban J connectivity index is 1.91. The number of anilines is 2. The van der Waals surface area contributed by atoms with E-state index in [-0.39, 0.29) is 0 Å². The van der Waals surface area contributed by atoms with Gasteiger partial charge in [-0.05, 0) is 56.8 Å². The van der Waals surface area contributed by atoms with Crippen molar-refractivity contribution in [3.8, 4) is 0 Å². The molecule has 20 heavy (non-hydrogen) atoms. The molecule has 1 aliphatic carbocycles. The molecule has 2 N–H and O–H groups in total. The van der Waals surface area contributed by atoms with Crippen LogP contribution in [0.5, 0.6) is 0 Å². The first-order chi connectivity index (χ1) is 9.56. The Morgan fingerprint density at radius 1 is 1.40 bits per heavy atom. The van der Waals surface area contributed by atoms with Crippen molar-refractivity contribution in [2.24, 2.45) is 0 Å². The smallest absolute Gasteiger partial charge is 0.312 e. The molecule has 104 valence electrons. The van der Waals surface area contributed by atoms with E-state index in [9.17, 15) is 9.90 Å². The van der Waals surface area contributed by atoms with Crippen LogP contribution in [0.2, 0.25) is 0 Å². The summed E-state index contributed by atoms with van der Waals surface area (Å²) in [5.41, 5.74) is 1.61. The lowest BCUT2D eigenvalue weighted by Gasteiger charge is -2.08. The number of aromatic nitrogens is 1. The first kappa shape index (κ1) is 14.0. The second-order valence-electron chi connectivity index (χ2n) is 4.48. The first-order valence-corrected chi connectivity index (χ1v) is 8.40. The number of aliphatic carboxylic acids is 1. The van der Waals surface area contributed by atoms with E-state index in [0.717, 1.165) is 31.1 Å². The number of halogens is 2. The van der Waals surface area contributed by atoms with Gasteiger partial charge in [0.2, 0.25) is 0 Å². The molecule has 0 saturated heterocycles. The van der Waals surface area contributed by atoms with Crippen LogP contribution in [-0.4, -0.2) is 16.1 Å². The monoisotopic (exact) mass is 416 g/mol. The summed E-state index contributed by atoms with van der Waals surface area (Å²) in [6.45, 7) is 0. The molecule has 1 atom stereocenters. The molecule has 0 aliphatic heterocycles. The van der Waals surface area contributed by atoms with Crippen molar-refractivity contribution in [1.82, 2.24) is 4.98 Å². The average molecular weight is 418 g/mol. The number of nitrogens with zero attached hydrogens (tertiary/aromatic N) is 1. The van der Waals surface area contributed by atoms with E-state index in [1.165, 1.54) is 11.3 Å². The largest absolute Gasteiger partial charge is 0.481 e. The predicted octanol–water partition coefficient (Wildman–Crippen LogP) is 4.53. The van der Waals surface area contributed by atoms with Crippen molar-refractivity contribution in [3.63, 3.8) is 0 Å². The minimum Gasteiger partial charge on any atom is -0.481 e. The maximum atomic E-state index is 11.2. The summed E-state index contributed by atoms with van der Waals surface area (Å²) in [5.74, 6) is -1.25. The molecule has 1 heterocycles. The van der Waals surface area contributed by atoms with Crippen LogP contribution in [0, 0.1) is 0 Å². The Bertz CT molecular complexity index is 667. The minimum absolute atomic E-state index is 0.459. The third kappa shape index (κ3) is 2.49. The molecule has 3 rings (SSSR count). The molecule has 0 saturated carbocycles. The van der Waals surface area contributed by atoms with Gasteiger partial charge >= 0.3 is 5.97 Å². The highest BCUT2D eigenvalue weighted by atomic mass is 79.9. The predicted molar refractivity (Wildman–Crippen MR) is 85.9 cm³/mol. The highest BCUT2D eigenvalue weighted by Crippen LogP contribution is 2.41. The summed E-state index contributed by atoms with van der Waals surface area (Å²) in [4.78, 5) is 16.7. The Hall–Kier alpha value is -0.920. The van der Waals surface area contributed by atoms with Crippen molar-refractivity contribution < 1.29 is 9.90 Å². The summed E-state index contributed by atoms with van der Waals surface area (Å²) in [5, 5.41) is 13.2. The number of nitrogens with one attached hydrogen (secondary N) is 1. The molecule has 1 aliphatic rings. The molecule has 2 aromatic rings. The molecule has 1 aromatic carbocycles. The van der Waals surface area contributed by atoms with Crippen LogP contribution in [0.15, 0.2) is 27.1 Å². The van der Waals surface area contributed by atoms with E-state index in [1.54, 1.807) is 0 Å². The molecular formula is C13H10Br2N2O2S. The van der Waals surface area contributed by atoms with Gasteiger partial charge in [-0.1, -0.05) is 6.07 Å². The molecule has 0 bridgehead atoms. The molecule has 4 nitrogen and oxygen atoms in total. The molecule has 0 amide bonds. The lowest BCUT2D eigenvalue weighted by molar-refractivity contribution is -0.138. The van der Waals surface area contributed by atoms with Gasteiger partial charge in [0, 0.05) is 13.8 Å². The van der Waals surface area contributed by atoms with Crippen molar-refractivity contribution >= 4 is 60.0 Å². The van der Waals surface area contributed by atoms with E-state index < -0.39 is 11.9 Å². The van der Waals surface area contributed by atoms with Gasteiger partial charge in [-0.15, -0.1) is 11.3 Å². The van der Waals surface area contributed by atoms with Gasteiger partial charge in [0.15, 0.2) is 5.13 Å². The molecule has 0 fully saturated rings. The van der Waals surface area contributed by atoms with Crippen LogP contribution >= 0.6 is 43.2 Å². The fourth-order valence-corrected chi connectivity index (χ4v) is 4.48. The van der Waals surface area contributed by atoms with Crippen LogP contribution in [-0.2, 0) is 11.2 Å². The van der Waals surface area contributed by atoms with Gasteiger partial charge in [0.05, 0.1) is 11.4 Å². The summed E-state index contributed by atoms with van der Waals surface area (Å²) < 4.78 is 1.86. The molecule has 0 spiro atoms. The van der Waals surface area contributed by atoms with Gasteiger partial charge in [0.25, 0.3) is 0 Å². The topological polar surface area (TPSA) is 62.2 Å². The Morgan fingerprint density at radius 3 is 2.75 bits per heavy atom. The van der Waals surface area contributed by atoms with Gasteiger partial charge in [-0.2, -0.15) is 0 Å². The number of thiazole rings is 1. The lowest BCUT2D eigenvalue weighted by Crippen LogP contribution is -2.08.